The monoisotopic (exact) mass is 383 g/mol. The minimum atomic E-state index is -0.620. The Labute approximate surface area is 163 Å². The average molecular weight is 383 g/mol. The van der Waals surface area contributed by atoms with E-state index in [1.54, 1.807) is 6.07 Å². The zero-order chi connectivity index (χ0) is 19.9. The number of benzene rings is 1. The van der Waals surface area contributed by atoms with Gasteiger partial charge in [-0.15, -0.1) is 0 Å². The van der Waals surface area contributed by atoms with E-state index in [1.165, 1.54) is 12.5 Å². The van der Waals surface area contributed by atoms with Crippen LogP contribution in [0.5, 0.6) is 0 Å². The van der Waals surface area contributed by atoms with Crippen molar-refractivity contribution in [3.05, 3.63) is 36.0 Å². The molecule has 1 aromatic heterocycles. The molecule has 1 saturated carbocycles. The van der Waals surface area contributed by atoms with Crippen LogP contribution in [0.2, 0.25) is 0 Å². The van der Waals surface area contributed by atoms with Gasteiger partial charge in [0.2, 0.25) is 5.95 Å². The summed E-state index contributed by atoms with van der Waals surface area (Å²) in [5, 5.41) is 6.39. The molecule has 28 heavy (non-hydrogen) atoms. The van der Waals surface area contributed by atoms with Crippen LogP contribution in [-0.4, -0.2) is 34.3 Å². The Bertz CT molecular complexity index is 855. The normalized spacial score (nSPS) is 19.4. The highest BCUT2D eigenvalue weighted by molar-refractivity contribution is 5.98. The molecule has 10 nitrogen and oxygen atoms in total. The molecule has 148 valence electrons. The number of rotatable bonds is 7. The zero-order valence-corrected chi connectivity index (χ0v) is 15.4. The Morgan fingerprint density at radius 3 is 2.86 bits per heavy atom. The smallest absolute Gasteiger partial charge is 0.254 e. The van der Waals surface area contributed by atoms with Gasteiger partial charge in [0.05, 0.1) is 5.69 Å². The summed E-state index contributed by atoms with van der Waals surface area (Å²) in [6.07, 6.45) is 6.95. The maximum absolute atomic E-state index is 11.8. The molecule has 1 fully saturated rings. The van der Waals surface area contributed by atoms with E-state index in [2.05, 4.69) is 31.0 Å². The number of carbonyl (C=O) groups is 1. The standard InChI is InChI=1S/C18H25N9O/c19-14-6-1-2-7-15(14)26-18-22-9-13(16(20)28)17(27-18)25-12-5-3-4-11(8-12)23-10-24-21/h3-5,8-10,14-15H,1-2,6-7,19,21H2,(H2,20,28)(H,23,24)(H2,22,25,26,27)/t14-,15+/m0/s1. The predicted octanol–water partition coefficient (Wildman–Crippen LogP) is 1.12. The Morgan fingerprint density at radius 2 is 2.11 bits per heavy atom. The van der Waals surface area contributed by atoms with Crippen LogP contribution in [0.15, 0.2) is 35.5 Å². The highest BCUT2D eigenvalue weighted by Crippen LogP contribution is 2.25. The molecule has 2 aromatic rings. The molecule has 0 aliphatic heterocycles. The molecule has 0 spiro atoms. The number of hydrogen-bond acceptors (Lipinski definition) is 8. The maximum atomic E-state index is 11.8. The summed E-state index contributed by atoms with van der Waals surface area (Å²) in [6, 6.07) is 7.39. The van der Waals surface area contributed by atoms with E-state index >= 15 is 0 Å². The molecule has 0 unspecified atom stereocenters. The summed E-state index contributed by atoms with van der Waals surface area (Å²) in [5.74, 6) is 5.29. The lowest BCUT2D eigenvalue weighted by Gasteiger charge is -2.29. The number of carbonyl (C=O) groups excluding carboxylic acids is 1. The third-order valence-electron chi connectivity index (χ3n) is 4.59. The van der Waals surface area contributed by atoms with Crippen LogP contribution in [-0.2, 0) is 0 Å². The molecule has 1 aromatic carbocycles. The quantitative estimate of drug-likeness (QED) is 0.179. The molecule has 1 heterocycles. The van der Waals surface area contributed by atoms with Crippen molar-refractivity contribution in [3.63, 3.8) is 0 Å². The minimum absolute atomic E-state index is 0.0512. The molecule has 1 aliphatic carbocycles. The molecule has 2 atom stereocenters. The van der Waals surface area contributed by atoms with E-state index in [9.17, 15) is 4.79 Å². The summed E-state index contributed by atoms with van der Waals surface area (Å²) in [5.41, 5.74) is 15.6. The van der Waals surface area contributed by atoms with Gasteiger partial charge in [-0.3, -0.25) is 4.79 Å². The number of nitrogens with one attached hydrogen (secondary N) is 3. The van der Waals surface area contributed by atoms with Crippen LogP contribution in [0.25, 0.3) is 0 Å². The number of hydrogen-bond donors (Lipinski definition) is 6. The number of aliphatic imine (C=N–C) groups is 1. The van der Waals surface area contributed by atoms with Crippen molar-refractivity contribution in [1.82, 2.24) is 15.4 Å². The summed E-state index contributed by atoms with van der Waals surface area (Å²) in [7, 11) is 0. The molecule has 0 bridgehead atoms. The number of nitrogens with zero attached hydrogens (tertiary/aromatic N) is 3. The van der Waals surface area contributed by atoms with Crippen LogP contribution < -0.4 is 33.4 Å². The van der Waals surface area contributed by atoms with Gasteiger partial charge in [-0.2, -0.15) is 4.98 Å². The lowest BCUT2D eigenvalue weighted by atomic mass is 9.91. The van der Waals surface area contributed by atoms with Gasteiger partial charge in [-0.05, 0) is 31.0 Å². The highest BCUT2D eigenvalue weighted by Gasteiger charge is 2.23. The number of primary amides is 1. The van der Waals surface area contributed by atoms with Gasteiger partial charge < -0.3 is 27.5 Å². The van der Waals surface area contributed by atoms with Gasteiger partial charge in [0.15, 0.2) is 0 Å². The molecule has 1 aliphatic rings. The number of anilines is 3. The lowest BCUT2D eigenvalue weighted by molar-refractivity contribution is 0.100. The van der Waals surface area contributed by atoms with Gasteiger partial charge in [0.25, 0.3) is 5.91 Å². The van der Waals surface area contributed by atoms with E-state index < -0.39 is 5.91 Å². The summed E-state index contributed by atoms with van der Waals surface area (Å²) < 4.78 is 0. The molecule has 0 saturated heterocycles. The van der Waals surface area contributed by atoms with Gasteiger partial charge in [-0.25, -0.2) is 15.8 Å². The van der Waals surface area contributed by atoms with E-state index in [1.807, 2.05) is 18.2 Å². The van der Waals surface area contributed by atoms with E-state index in [4.69, 9.17) is 17.3 Å². The number of nitrogens with two attached hydrogens (primary N) is 3. The maximum Gasteiger partial charge on any atom is 0.254 e. The number of amides is 1. The van der Waals surface area contributed by atoms with Crippen molar-refractivity contribution >= 4 is 35.4 Å². The second-order valence-electron chi connectivity index (χ2n) is 6.62. The molecule has 1 amide bonds. The second-order valence-corrected chi connectivity index (χ2v) is 6.62. The number of aromatic nitrogens is 2. The first-order chi connectivity index (χ1) is 13.6. The van der Waals surface area contributed by atoms with Gasteiger partial charge in [0, 0.05) is 24.0 Å². The summed E-state index contributed by atoms with van der Waals surface area (Å²) >= 11 is 0. The van der Waals surface area contributed by atoms with Gasteiger partial charge >= 0.3 is 0 Å². The predicted molar refractivity (Wildman–Crippen MR) is 110 cm³/mol. The Hall–Kier alpha value is -3.24. The second kappa shape index (κ2) is 9.11. The van der Waals surface area contributed by atoms with E-state index in [0.717, 1.165) is 25.7 Å². The number of hydrazine groups is 1. The molecule has 10 heteroatoms. The first-order valence-electron chi connectivity index (χ1n) is 9.11. The Balaban J connectivity index is 1.84. The first-order valence-corrected chi connectivity index (χ1v) is 9.11. The van der Waals surface area contributed by atoms with Crippen LogP contribution in [0.4, 0.5) is 23.1 Å². The Kier molecular flexibility index (Phi) is 6.35. The fourth-order valence-electron chi connectivity index (χ4n) is 3.14. The summed E-state index contributed by atoms with van der Waals surface area (Å²) in [6.45, 7) is 0. The fraction of sp³-hybridized carbons (Fsp3) is 0.333. The largest absolute Gasteiger partial charge is 0.365 e. The zero-order valence-electron chi connectivity index (χ0n) is 15.4. The van der Waals surface area contributed by atoms with Crippen LogP contribution in [0, 0.1) is 0 Å². The van der Waals surface area contributed by atoms with E-state index in [0.29, 0.717) is 23.1 Å². The average Bonchev–Trinajstić information content (AvgIpc) is 2.68. The molecular weight excluding hydrogens is 358 g/mol. The topological polar surface area (TPSA) is 169 Å². The van der Waals surface area contributed by atoms with Gasteiger partial charge in [0.1, 0.15) is 17.7 Å². The van der Waals surface area contributed by atoms with Crippen molar-refractivity contribution < 1.29 is 4.79 Å². The van der Waals surface area contributed by atoms with Crippen molar-refractivity contribution in [2.45, 2.75) is 37.8 Å². The fourth-order valence-corrected chi connectivity index (χ4v) is 3.14. The molecule has 9 N–H and O–H groups in total. The van der Waals surface area contributed by atoms with Crippen LogP contribution in [0.1, 0.15) is 36.0 Å². The lowest BCUT2D eigenvalue weighted by Crippen LogP contribution is -2.43. The molecular formula is C18H25N9O. The summed E-state index contributed by atoms with van der Waals surface area (Å²) in [4.78, 5) is 24.6. The molecule has 0 radical (unpaired) electrons. The first kappa shape index (κ1) is 19.5. The third kappa shape index (κ3) is 4.93. The van der Waals surface area contributed by atoms with Crippen molar-refractivity contribution in [2.75, 3.05) is 10.6 Å². The van der Waals surface area contributed by atoms with Crippen LogP contribution in [0.3, 0.4) is 0 Å². The SMILES string of the molecule is NNC=Nc1cccc(Nc2nc(N[C@@H]3CCCC[C@@H]3N)ncc2C(N)=O)c1. The third-order valence-corrected chi connectivity index (χ3v) is 4.59. The van der Waals surface area contributed by atoms with E-state index in [-0.39, 0.29) is 17.6 Å². The van der Waals surface area contributed by atoms with Crippen molar-refractivity contribution in [3.8, 4) is 0 Å². The van der Waals surface area contributed by atoms with Crippen LogP contribution >= 0.6 is 0 Å². The van der Waals surface area contributed by atoms with Gasteiger partial charge in [-0.1, -0.05) is 18.9 Å². The van der Waals surface area contributed by atoms with Crippen molar-refractivity contribution in [2.24, 2.45) is 22.3 Å². The highest BCUT2D eigenvalue weighted by atomic mass is 16.1. The Morgan fingerprint density at radius 1 is 1.29 bits per heavy atom. The minimum Gasteiger partial charge on any atom is -0.365 e. The van der Waals surface area contributed by atoms with Crippen molar-refractivity contribution in [1.29, 1.82) is 0 Å². The molecule has 3 rings (SSSR count).